The first-order chi connectivity index (χ1) is 13.5. The fourth-order valence-corrected chi connectivity index (χ4v) is 3.18. The standard InChI is InChI=1S/C21H17BrClFN2O2/c22-19-10-14(12-25-18-3-1-2-15(23)11-18)4-9-20(19)28-13-21(27)26-17-7-5-16(24)6-8-17/h1-11,25H,12-13H2,(H,26,27). The van der Waals surface area contributed by atoms with Crippen LogP contribution in [-0.4, -0.2) is 12.5 Å². The molecule has 0 atom stereocenters. The van der Waals surface area contributed by atoms with E-state index in [1.54, 1.807) is 6.07 Å². The number of nitrogens with one attached hydrogen (secondary N) is 2. The van der Waals surface area contributed by atoms with Crippen molar-refractivity contribution in [2.24, 2.45) is 0 Å². The normalized spacial score (nSPS) is 10.4. The summed E-state index contributed by atoms with van der Waals surface area (Å²) in [5.41, 5.74) is 2.48. The van der Waals surface area contributed by atoms with E-state index in [2.05, 4.69) is 26.6 Å². The highest BCUT2D eigenvalue weighted by Gasteiger charge is 2.07. The maximum atomic E-state index is 12.9. The zero-order chi connectivity index (χ0) is 19.9. The Bertz CT molecular complexity index is 967. The lowest BCUT2D eigenvalue weighted by Crippen LogP contribution is -2.20. The Balaban J connectivity index is 1.52. The van der Waals surface area contributed by atoms with Crippen molar-refractivity contribution >= 4 is 44.8 Å². The maximum absolute atomic E-state index is 12.9. The molecule has 3 aromatic carbocycles. The molecule has 0 fully saturated rings. The predicted molar refractivity (Wildman–Crippen MR) is 113 cm³/mol. The molecule has 0 aliphatic carbocycles. The van der Waals surface area contributed by atoms with Crippen LogP contribution >= 0.6 is 27.5 Å². The fraction of sp³-hybridized carbons (Fsp3) is 0.0952. The molecule has 4 nitrogen and oxygen atoms in total. The molecule has 0 unspecified atom stereocenters. The van der Waals surface area contributed by atoms with E-state index in [9.17, 15) is 9.18 Å². The number of benzene rings is 3. The van der Waals surface area contributed by atoms with Crippen molar-refractivity contribution in [2.45, 2.75) is 6.54 Å². The van der Waals surface area contributed by atoms with Gasteiger partial charge in [-0.2, -0.15) is 0 Å². The van der Waals surface area contributed by atoms with Gasteiger partial charge in [0.05, 0.1) is 4.47 Å². The average Bonchev–Trinajstić information content (AvgIpc) is 2.67. The molecule has 3 rings (SSSR count). The minimum absolute atomic E-state index is 0.157. The smallest absolute Gasteiger partial charge is 0.262 e. The number of hydrogen-bond donors (Lipinski definition) is 2. The first-order valence-corrected chi connectivity index (χ1v) is 9.63. The van der Waals surface area contributed by atoms with Gasteiger partial charge < -0.3 is 15.4 Å². The second kappa shape index (κ2) is 9.57. The number of carbonyl (C=O) groups excluding carboxylic acids is 1. The molecule has 28 heavy (non-hydrogen) atoms. The number of rotatable bonds is 7. The average molecular weight is 464 g/mol. The van der Waals surface area contributed by atoms with Crippen LogP contribution in [0.15, 0.2) is 71.2 Å². The molecule has 2 N–H and O–H groups in total. The van der Waals surface area contributed by atoms with Crippen LogP contribution in [0.25, 0.3) is 0 Å². The van der Waals surface area contributed by atoms with Gasteiger partial charge in [-0.05, 0) is 76.1 Å². The lowest BCUT2D eigenvalue weighted by atomic mass is 10.2. The fourth-order valence-electron chi connectivity index (χ4n) is 2.45. The molecular formula is C21H17BrClFN2O2. The maximum Gasteiger partial charge on any atom is 0.262 e. The zero-order valence-corrected chi connectivity index (χ0v) is 17.1. The van der Waals surface area contributed by atoms with Crippen LogP contribution < -0.4 is 15.4 Å². The van der Waals surface area contributed by atoms with Crippen LogP contribution in [0.4, 0.5) is 15.8 Å². The minimum atomic E-state index is -0.358. The summed E-state index contributed by atoms with van der Waals surface area (Å²) >= 11 is 9.44. The van der Waals surface area contributed by atoms with E-state index in [4.69, 9.17) is 16.3 Å². The molecule has 1 amide bonds. The lowest BCUT2D eigenvalue weighted by Gasteiger charge is -2.11. The Morgan fingerprint density at radius 1 is 1.04 bits per heavy atom. The highest BCUT2D eigenvalue weighted by molar-refractivity contribution is 9.10. The molecule has 7 heteroatoms. The van der Waals surface area contributed by atoms with E-state index in [1.165, 1.54) is 24.3 Å². The molecule has 3 aromatic rings. The van der Waals surface area contributed by atoms with Gasteiger partial charge in [0.25, 0.3) is 5.91 Å². The van der Waals surface area contributed by atoms with Crippen LogP contribution in [0.2, 0.25) is 5.02 Å². The van der Waals surface area contributed by atoms with Crippen molar-refractivity contribution in [2.75, 3.05) is 17.2 Å². The number of ether oxygens (including phenoxy) is 1. The number of hydrogen-bond acceptors (Lipinski definition) is 3. The molecule has 0 saturated heterocycles. The number of amides is 1. The molecule has 0 aliphatic heterocycles. The Morgan fingerprint density at radius 2 is 1.82 bits per heavy atom. The van der Waals surface area contributed by atoms with Crippen LogP contribution in [-0.2, 0) is 11.3 Å². The highest BCUT2D eigenvalue weighted by atomic mass is 79.9. The van der Waals surface area contributed by atoms with E-state index < -0.39 is 0 Å². The predicted octanol–water partition coefficient (Wildman–Crippen LogP) is 5.87. The summed E-state index contributed by atoms with van der Waals surface area (Å²) in [6.45, 7) is 0.459. The van der Waals surface area contributed by atoms with Gasteiger partial charge in [-0.25, -0.2) is 4.39 Å². The number of carbonyl (C=O) groups is 1. The molecular weight excluding hydrogens is 447 g/mol. The van der Waals surface area contributed by atoms with Gasteiger partial charge in [-0.3, -0.25) is 4.79 Å². The topological polar surface area (TPSA) is 50.4 Å². The Kier molecular flexibility index (Phi) is 6.90. The highest BCUT2D eigenvalue weighted by Crippen LogP contribution is 2.26. The molecule has 0 bridgehead atoms. The third-order valence-electron chi connectivity index (χ3n) is 3.80. The van der Waals surface area contributed by atoms with Crippen LogP contribution in [0.1, 0.15) is 5.56 Å². The second-order valence-corrected chi connectivity index (χ2v) is 7.26. The first kappa shape index (κ1) is 20.2. The minimum Gasteiger partial charge on any atom is -0.483 e. The summed E-state index contributed by atoms with van der Waals surface area (Å²) in [7, 11) is 0. The van der Waals surface area contributed by atoms with Crippen molar-refractivity contribution in [3.8, 4) is 5.75 Å². The third-order valence-corrected chi connectivity index (χ3v) is 4.66. The Morgan fingerprint density at radius 3 is 2.54 bits per heavy atom. The largest absolute Gasteiger partial charge is 0.483 e. The molecule has 0 aliphatic rings. The van der Waals surface area contributed by atoms with Crippen molar-refractivity contribution in [1.82, 2.24) is 0 Å². The Labute approximate surface area is 175 Å². The van der Waals surface area contributed by atoms with Crippen molar-refractivity contribution in [3.05, 3.63) is 87.6 Å². The van der Waals surface area contributed by atoms with E-state index in [0.29, 0.717) is 23.0 Å². The lowest BCUT2D eigenvalue weighted by molar-refractivity contribution is -0.118. The van der Waals surface area contributed by atoms with E-state index in [1.807, 2.05) is 36.4 Å². The van der Waals surface area contributed by atoms with Gasteiger partial charge >= 0.3 is 0 Å². The molecule has 0 spiro atoms. The molecule has 0 heterocycles. The molecule has 0 aromatic heterocycles. The third kappa shape index (κ3) is 5.97. The summed E-state index contributed by atoms with van der Waals surface area (Å²) < 4.78 is 19.2. The van der Waals surface area contributed by atoms with Gasteiger partial charge in [-0.1, -0.05) is 23.7 Å². The second-order valence-electron chi connectivity index (χ2n) is 5.97. The molecule has 0 radical (unpaired) electrons. The SMILES string of the molecule is O=C(COc1ccc(CNc2cccc(Cl)c2)cc1Br)Nc1ccc(F)cc1. The van der Waals surface area contributed by atoms with E-state index in [-0.39, 0.29) is 18.3 Å². The van der Waals surface area contributed by atoms with Crippen LogP contribution in [0.5, 0.6) is 5.75 Å². The van der Waals surface area contributed by atoms with Crippen molar-refractivity contribution in [3.63, 3.8) is 0 Å². The summed E-state index contributed by atoms with van der Waals surface area (Å²) in [6, 6.07) is 18.7. The molecule has 0 saturated carbocycles. The summed E-state index contributed by atoms with van der Waals surface area (Å²) in [5.74, 6) is -0.130. The van der Waals surface area contributed by atoms with Gasteiger partial charge in [0, 0.05) is 22.9 Å². The van der Waals surface area contributed by atoms with E-state index in [0.717, 1.165) is 15.7 Å². The zero-order valence-electron chi connectivity index (χ0n) is 14.7. The van der Waals surface area contributed by atoms with Gasteiger partial charge in [0.2, 0.25) is 0 Å². The van der Waals surface area contributed by atoms with Gasteiger partial charge in [-0.15, -0.1) is 0 Å². The number of halogens is 3. The first-order valence-electron chi connectivity index (χ1n) is 8.46. The monoisotopic (exact) mass is 462 g/mol. The van der Waals surface area contributed by atoms with Gasteiger partial charge in [0.1, 0.15) is 11.6 Å². The van der Waals surface area contributed by atoms with Crippen LogP contribution in [0, 0.1) is 5.82 Å². The summed E-state index contributed by atoms with van der Waals surface area (Å²) in [5, 5.41) is 6.61. The number of anilines is 2. The van der Waals surface area contributed by atoms with Gasteiger partial charge in [0.15, 0.2) is 6.61 Å². The van der Waals surface area contributed by atoms with Crippen molar-refractivity contribution in [1.29, 1.82) is 0 Å². The molecule has 144 valence electrons. The summed E-state index contributed by atoms with van der Waals surface area (Å²) in [6.07, 6.45) is 0. The van der Waals surface area contributed by atoms with Crippen LogP contribution in [0.3, 0.4) is 0 Å². The Hall–Kier alpha value is -2.57. The van der Waals surface area contributed by atoms with Crippen molar-refractivity contribution < 1.29 is 13.9 Å². The quantitative estimate of drug-likeness (QED) is 0.461. The summed E-state index contributed by atoms with van der Waals surface area (Å²) in [4.78, 5) is 12.0. The van der Waals surface area contributed by atoms with E-state index >= 15 is 0 Å².